The van der Waals surface area contributed by atoms with E-state index in [0.29, 0.717) is 6.61 Å². The Balaban J connectivity index is 0. The number of halogens is 3. The Morgan fingerprint density at radius 1 is 1.26 bits per heavy atom. The van der Waals surface area contributed by atoms with Gasteiger partial charge in [-0.25, -0.2) is 0 Å². The Labute approximate surface area is 144 Å². The number of carbonyl (C=O) groups excluding carboxylic acids is 2. The Morgan fingerprint density at radius 2 is 1.83 bits per heavy atom. The van der Waals surface area contributed by atoms with Gasteiger partial charge < -0.3 is 14.3 Å². The third kappa shape index (κ3) is 12.3. The molecule has 23 heavy (non-hydrogen) atoms. The van der Waals surface area contributed by atoms with Crippen LogP contribution in [0.15, 0.2) is 0 Å². The smallest absolute Gasteiger partial charge is 0.425 e. The van der Waals surface area contributed by atoms with Gasteiger partial charge in [-0.2, -0.15) is 13.2 Å². The molecule has 4 nitrogen and oxygen atoms in total. The quantitative estimate of drug-likeness (QED) is 0.465. The Hall–Kier alpha value is -0.830. The number of thiocarbonyl (C=S) groups is 1. The Kier molecular flexibility index (Phi) is 12.4. The summed E-state index contributed by atoms with van der Waals surface area (Å²) >= 11 is 5.86. The van der Waals surface area contributed by atoms with Crippen molar-refractivity contribution in [1.82, 2.24) is 0 Å². The van der Waals surface area contributed by atoms with Gasteiger partial charge in [0.2, 0.25) is 4.38 Å². The highest BCUT2D eigenvalue weighted by molar-refractivity contribution is 8.23. The summed E-state index contributed by atoms with van der Waals surface area (Å²) in [6.07, 6.45) is -7.06. The number of thioether (sulfide) groups is 1. The highest BCUT2D eigenvalue weighted by atomic mass is 32.2. The maximum atomic E-state index is 12.9. The summed E-state index contributed by atoms with van der Waals surface area (Å²) < 4.78 is 48.2. The number of rotatable bonds is 8. The molecule has 0 saturated carbocycles. The third-order valence-electron chi connectivity index (χ3n) is 2.49. The normalized spacial score (nSPS) is 13.5. The highest BCUT2D eigenvalue weighted by Crippen LogP contribution is 2.32. The Bertz CT molecular complexity index is 400. The van der Waals surface area contributed by atoms with Crippen LogP contribution in [0.2, 0.25) is 0 Å². The van der Waals surface area contributed by atoms with Gasteiger partial charge in [-0.1, -0.05) is 19.2 Å². The topological polar surface area (TPSA) is 52.6 Å². The summed E-state index contributed by atoms with van der Waals surface area (Å²) in [5.74, 6) is -1.14. The van der Waals surface area contributed by atoms with Crippen LogP contribution in [0.1, 0.15) is 47.5 Å². The zero-order valence-electron chi connectivity index (χ0n) is 12.6. The van der Waals surface area contributed by atoms with Gasteiger partial charge in [0.15, 0.2) is 6.10 Å². The molecule has 0 amide bonds. The summed E-state index contributed by atoms with van der Waals surface area (Å²) in [5, 5.41) is -0.631. The molecule has 0 heterocycles. The van der Waals surface area contributed by atoms with Crippen LogP contribution in [0.4, 0.5) is 13.2 Å². The van der Waals surface area contributed by atoms with Crippen molar-refractivity contribution in [1.29, 1.82) is 0 Å². The van der Waals surface area contributed by atoms with E-state index >= 15 is 0 Å². The second-order valence-corrected chi connectivity index (χ2v) is 6.44. The van der Waals surface area contributed by atoms with Gasteiger partial charge in [-0.3, -0.25) is 4.79 Å². The van der Waals surface area contributed by atoms with E-state index in [1.165, 1.54) is 6.92 Å². The van der Waals surface area contributed by atoms with E-state index in [4.69, 9.17) is 17.0 Å². The predicted molar refractivity (Wildman–Crippen MR) is 88.5 cm³/mol. The van der Waals surface area contributed by atoms with Crippen LogP contribution in [0.25, 0.3) is 0 Å². The number of carbonyl (C=O) groups is 2. The fourth-order valence-corrected chi connectivity index (χ4v) is 3.06. The van der Waals surface area contributed by atoms with Crippen LogP contribution in [-0.4, -0.2) is 40.3 Å². The minimum Gasteiger partial charge on any atom is -0.479 e. The van der Waals surface area contributed by atoms with Crippen LogP contribution in [0.3, 0.4) is 0 Å². The number of hydrogen-bond acceptors (Lipinski definition) is 6. The lowest BCUT2D eigenvalue weighted by molar-refractivity contribution is -0.221. The van der Waals surface area contributed by atoms with E-state index in [1.807, 2.05) is 0 Å². The standard InChI is InChI=1S/C13H19F3O4S2.CH4/c1-4-19-12(21)22-10(6-5-8(2)17)7-11(13(14,15)16)20-9(3)18;/h10-11H,4-7H2,1-3H3;1H4. The molecular formula is C14H23F3O4S2. The van der Waals surface area contributed by atoms with E-state index in [1.54, 1.807) is 6.92 Å². The van der Waals surface area contributed by atoms with Gasteiger partial charge in [0.1, 0.15) is 5.78 Å². The van der Waals surface area contributed by atoms with Crippen molar-refractivity contribution in [2.45, 2.75) is 65.0 Å². The Morgan fingerprint density at radius 3 is 2.22 bits per heavy atom. The third-order valence-corrected chi connectivity index (χ3v) is 3.97. The van der Waals surface area contributed by atoms with Crippen molar-refractivity contribution in [2.24, 2.45) is 0 Å². The molecule has 0 aromatic carbocycles. The van der Waals surface area contributed by atoms with Crippen molar-refractivity contribution in [2.75, 3.05) is 6.61 Å². The van der Waals surface area contributed by atoms with E-state index in [0.717, 1.165) is 18.7 Å². The maximum Gasteiger partial charge on any atom is 0.425 e. The van der Waals surface area contributed by atoms with Crippen LogP contribution in [0.5, 0.6) is 0 Å². The summed E-state index contributed by atoms with van der Waals surface area (Å²) in [6, 6.07) is 0. The molecule has 0 aliphatic heterocycles. The first-order valence-electron chi connectivity index (χ1n) is 6.63. The molecule has 0 radical (unpaired) electrons. The average molecular weight is 376 g/mol. The molecule has 0 aromatic rings. The van der Waals surface area contributed by atoms with Gasteiger partial charge >= 0.3 is 12.1 Å². The number of ketones is 1. The van der Waals surface area contributed by atoms with E-state index in [9.17, 15) is 22.8 Å². The molecule has 0 bridgehead atoms. The first-order valence-corrected chi connectivity index (χ1v) is 7.91. The minimum absolute atomic E-state index is 0. The monoisotopic (exact) mass is 376 g/mol. The van der Waals surface area contributed by atoms with Crippen molar-refractivity contribution >= 4 is 40.1 Å². The second kappa shape index (κ2) is 11.7. The average Bonchev–Trinajstić information content (AvgIpc) is 2.33. The molecule has 2 unspecified atom stereocenters. The van der Waals surface area contributed by atoms with Crippen LogP contribution < -0.4 is 0 Å². The van der Waals surface area contributed by atoms with Crippen LogP contribution in [0, 0.1) is 0 Å². The molecule has 0 spiro atoms. The van der Waals surface area contributed by atoms with Crippen molar-refractivity contribution in [3.63, 3.8) is 0 Å². The number of esters is 1. The number of Topliss-reactive ketones (excluding diaryl/α,β-unsaturated/α-hetero) is 1. The molecule has 0 saturated heterocycles. The second-order valence-electron chi connectivity index (χ2n) is 4.54. The molecule has 0 aliphatic rings. The first-order chi connectivity index (χ1) is 10.1. The van der Waals surface area contributed by atoms with Gasteiger partial charge in [-0.15, -0.1) is 0 Å². The fourth-order valence-electron chi connectivity index (χ4n) is 1.56. The molecule has 0 rings (SSSR count). The number of hydrogen-bond donors (Lipinski definition) is 0. The molecule has 0 N–H and O–H groups in total. The zero-order valence-corrected chi connectivity index (χ0v) is 14.2. The first kappa shape index (κ1) is 24.4. The van der Waals surface area contributed by atoms with Crippen LogP contribution in [-0.2, 0) is 19.1 Å². The molecule has 0 aliphatic carbocycles. The molecule has 0 fully saturated rings. The lowest BCUT2D eigenvalue weighted by atomic mass is 10.1. The molecule has 9 heteroatoms. The molecule has 0 aromatic heterocycles. The summed E-state index contributed by atoms with van der Waals surface area (Å²) in [7, 11) is 0. The largest absolute Gasteiger partial charge is 0.479 e. The molecular weight excluding hydrogens is 353 g/mol. The lowest BCUT2D eigenvalue weighted by Gasteiger charge is -2.24. The molecule has 136 valence electrons. The van der Waals surface area contributed by atoms with Gasteiger partial charge in [0.25, 0.3) is 0 Å². The van der Waals surface area contributed by atoms with Gasteiger partial charge in [0.05, 0.1) is 6.61 Å². The summed E-state index contributed by atoms with van der Waals surface area (Å²) in [6.45, 7) is 4.28. The van der Waals surface area contributed by atoms with Crippen LogP contribution >= 0.6 is 24.0 Å². The summed E-state index contributed by atoms with van der Waals surface area (Å²) in [4.78, 5) is 21.9. The van der Waals surface area contributed by atoms with E-state index < -0.39 is 29.9 Å². The fraction of sp³-hybridized carbons (Fsp3) is 0.786. The van der Waals surface area contributed by atoms with Crippen molar-refractivity contribution < 1.29 is 32.2 Å². The zero-order chi connectivity index (χ0) is 17.3. The minimum atomic E-state index is -4.67. The van der Waals surface area contributed by atoms with Crippen molar-refractivity contribution in [3.05, 3.63) is 0 Å². The van der Waals surface area contributed by atoms with E-state index in [-0.39, 0.29) is 30.4 Å². The maximum absolute atomic E-state index is 12.9. The van der Waals surface area contributed by atoms with Gasteiger partial charge in [-0.05, 0) is 32.5 Å². The number of ether oxygens (including phenoxy) is 2. The molecule has 2 atom stereocenters. The van der Waals surface area contributed by atoms with Crippen molar-refractivity contribution in [3.8, 4) is 0 Å². The number of alkyl halides is 3. The van der Waals surface area contributed by atoms with Gasteiger partial charge in [0, 0.05) is 25.0 Å². The predicted octanol–water partition coefficient (Wildman–Crippen LogP) is 4.30. The summed E-state index contributed by atoms with van der Waals surface area (Å²) in [5.41, 5.74) is 0. The SMILES string of the molecule is C.CCOC(=S)SC(CCC(C)=O)CC(OC(C)=O)C(F)(F)F. The van der Waals surface area contributed by atoms with E-state index in [2.05, 4.69) is 4.74 Å². The highest BCUT2D eigenvalue weighted by Gasteiger charge is 2.43. The lowest BCUT2D eigenvalue weighted by Crippen LogP contribution is -2.36.